The predicted octanol–water partition coefficient (Wildman–Crippen LogP) is 3.58. The number of halogens is 2. The van der Waals surface area contributed by atoms with Crippen LogP contribution in [0.25, 0.3) is 0 Å². The first-order valence-electron chi connectivity index (χ1n) is 9.69. The second-order valence-corrected chi connectivity index (χ2v) is 6.47. The predicted molar refractivity (Wildman–Crippen MR) is 122 cm³/mol. The third-order valence-corrected chi connectivity index (χ3v) is 4.28. The van der Waals surface area contributed by atoms with Crippen LogP contribution in [0.1, 0.15) is 6.92 Å². The SMILES string of the molecule is C=NC(=NC(=NC)Nc1ccc2c(c1)NC(=O)C(F)(F)O2)Nc1ccc(OC)c(OCC)c1. The molecule has 33 heavy (non-hydrogen) atoms. The van der Waals surface area contributed by atoms with Gasteiger partial charge in [0.25, 0.3) is 0 Å². The number of ether oxygens (including phenoxy) is 3. The molecule has 0 atom stereocenters. The van der Waals surface area contributed by atoms with Crippen molar-refractivity contribution in [3.05, 3.63) is 36.4 Å². The van der Waals surface area contributed by atoms with E-state index in [0.717, 1.165) is 0 Å². The van der Waals surface area contributed by atoms with Crippen LogP contribution in [0.3, 0.4) is 0 Å². The van der Waals surface area contributed by atoms with Gasteiger partial charge in [-0.3, -0.25) is 9.79 Å². The second kappa shape index (κ2) is 9.94. The maximum absolute atomic E-state index is 13.4. The van der Waals surface area contributed by atoms with E-state index in [1.807, 2.05) is 6.92 Å². The Morgan fingerprint density at radius 1 is 1.15 bits per heavy atom. The largest absolute Gasteiger partial charge is 0.493 e. The van der Waals surface area contributed by atoms with Gasteiger partial charge in [0.15, 0.2) is 17.2 Å². The van der Waals surface area contributed by atoms with E-state index in [4.69, 9.17) is 9.47 Å². The molecule has 0 radical (unpaired) electrons. The maximum Gasteiger partial charge on any atom is 0.482 e. The molecular formula is C21H22F2N6O4. The van der Waals surface area contributed by atoms with Gasteiger partial charge in [-0.2, -0.15) is 13.8 Å². The summed E-state index contributed by atoms with van der Waals surface area (Å²) in [5.74, 6) is -0.334. The summed E-state index contributed by atoms with van der Waals surface area (Å²) in [5, 5.41) is 8.01. The van der Waals surface area contributed by atoms with E-state index in [1.54, 1.807) is 25.3 Å². The maximum atomic E-state index is 13.4. The topological polar surface area (TPSA) is 118 Å². The van der Waals surface area contributed by atoms with Crippen LogP contribution in [0, 0.1) is 0 Å². The van der Waals surface area contributed by atoms with Crippen LogP contribution >= 0.6 is 0 Å². The number of carbonyl (C=O) groups excluding carboxylic acids is 1. The summed E-state index contributed by atoms with van der Waals surface area (Å²) in [6.07, 6.45) is -3.93. The molecule has 1 aliphatic heterocycles. The molecule has 0 unspecified atom stereocenters. The van der Waals surface area contributed by atoms with E-state index in [9.17, 15) is 13.6 Å². The molecule has 0 saturated carbocycles. The number of hydrogen-bond donors (Lipinski definition) is 3. The second-order valence-electron chi connectivity index (χ2n) is 6.47. The number of anilines is 3. The number of amides is 1. The minimum atomic E-state index is -3.93. The van der Waals surface area contributed by atoms with Crippen molar-refractivity contribution in [1.82, 2.24) is 0 Å². The summed E-state index contributed by atoms with van der Waals surface area (Å²) in [4.78, 5) is 23.6. The standard InChI is InChI=1S/C21H22F2N6O4/c1-5-32-17-11-13(7-9-16(17)31-4)27-20(25-3)29-19(24-2)26-12-6-8-15-14(10-12)28-18(30)21(22,23)33-15/h6-11H,3,5H2,1-2,4H3,(H,28,30)(H2,24,26,27,29). The Bertz CT molecular complexity index is 1120. The van der Waals surface area contributed by atoms with Crippen molar-refractivity contribution < 1.29 is 27.8 Å². The fourth-order valence-corrected chi connectivity index (χ4v) is 2.79. The van der Waals surface area contributed by atoms with Crippen LogP contribution in [0.15, 0.2) is 51.4 Å². The van der Waals surface area contributed by atoms with Gasteiger partial charge in [0.2, 0.25) is 11.9 Å². The van der Waals surface area contributed by atoms with Crippen LogP contribution in [-0.4, -0.2) is 51.4 Å². The van der Waals surface area contributed by atoms with Crippen molar-refractivity contribution in [2.24, 2.45) is 15.0 Å². The lowest BCUT2D eigenvalue weighted by Crippen LogP contribution is -2.43. The Balaban J connectivity index is 1.77. The zero-order chi connectivity index (χ0) is 24.0. The lowest BCUT2D eigenvalue weighted by molar-refractivity contribution is -0.189. The Hall–Kier alpha value is -4.22. The highest BCUT2D eigenvalue weighted by Gasteiger charge is 2.46. The third kappa shape index (κ3) is 5.53. The number of hydrogen-bond acceptors (Lipinski definition) is 5. The quantitative estimate of drug-likeness (QED) is 0.464. The van der Waals surface area contributed by atoms with E-state index in [-0.39, 0.29) is 23.4 Å². The van der Waals surface area contributed by atoms with Crippen LogP contribution in [-0.2, 0) is 4.79 Å². The van der Waals surface area contributed by atoms with Gasteiger partial charge >= 0.3 is 12.0 Å². The number of nitrogens with one attached hydrogen (secondary N) is 3. The first kappa shape index (κ1) is 23.4. The Kier molecular flexibility index (Phi) is 7.06. The molecule has 0 spiro atoms. The van der Waals surface area contributed by atoms with Gasteiger partial charge in [0.1, 0.15) is 0 Å². The van der Waals surface area contributed by atoms with Crippen LogP contribution in [0.4, 0.5) is 25.8 Å². The number of carbonyl (C=O) groups is 1. The van der Waals surface area contributed by atoms with Crippen molar-refractivity contribution in [2.75, 3.05) is 36.7 Å². The molecule has 0 aliphatic carbocycles. The van der Waals surface area contributed by atoms with E-state index in [0.29, 0.717) is 29.5 Å². The zero-order valence-electron chi connectivity index (χ0n) is 18.1. The van der Waals surface area contributed by atoms with Crippen molar-refractivity contribution in [3.63, 3.8) is 0 Å². The number of benzene rings is 2. The summed E-state index contributed by atoms with van der Waals surface area (Å²) in [7, 11) is 3.04. The third-order valence-electron chi connectivity index (χ3n) is 4.28. The van der Waals surface area contributed by atoms with Crippen molar-refractivity contribution in [2.45, 2.75) is 13.0 Å². The average molecular weight is 460 g/mol. The molecule has 1 amide bonds. The monoisotopic (exact) mass is 460 g/mol. The number of methoxy groups -OCH3 is 1. The number of rotatable bonds is 5. The summed E-state index contributed by atoms with van der Waals surface area (Å²) >= 11 is 0. The van der Waals surface area contributed by atoms with Gasteiger partial charge in [0, 0.05) is 24.5 Å². The van der Waals surface area contributed by atoms with Crippen molar-refractivity contribution in [1.29, 1.82) is 0 Å². The van der Waals surface area contributed by atoms with Crippen LogP contribution < -0.4 is 30.2 Å². The van der Waals surface area contributed by atoms with Gasteiger partial charge in [-0.15, -0.1) is 0 Å². The smallest absolute Gasteiger partial charge is 0.482 e. The molecular weight excluding hydrogens is 438 g/mol. The molecule has 12 heteroatoms. The fourth-order valence-electron chi connectivity index (χ4n) is 2.79. The Morgan fingerprint density at radius 2 is 1.85 bits per heavy atom. The first-order valence-corrected chi connectivity index (χ1v) is 9.69. The van der Waals surface area contributed by atoms with Crippen molar-refractivity contribution in [3.8, 4) is 17.2 Å². The molecule has 0 saturated heterocycles. The summed E-state index contributed by atoms with van der Waals surface area (Å²) in [5.41, 5.74) is 1.12. The van der Waals surface area contributed by atoms with Crippen LogP contribution in [0.2, 0.25) is 0 Å². The normalized spacial score (nSPS) is 15.0. The molecule has 0 fully saturated rings. The molecule has 1 heterocycles. The molecule has 2 aromatic carbocycles. The van der Waals surface area contributed by atoms with E-state index in [2.05, 4.69) is 42.4 Å². The lowest BCUT2D eigenvalue weighted by atomic mass is 10.2. The molecule has 10 nitrogen and oxygen atoms in total. The highest BCUT2D eigenvalue weighted by Crippen LogP contribution is 2.37. The van der Waals surface area contributed by atoms with Gasteiger partial charge < -0.3 is 30.2 Å². The van der Waals surface area contributed by atoms with Crippen LogP contribution in [0.5, 0.6) is 17.2 Å². The Labute approximate surface area is 188 Å². The number of fused-ring (bicyclic) bond motifs is 1. The molecule has 3 rings (SSSR count). The fraction of sp³-hybridized carbons (Fsp3) is 0.238. The van der Waals surface area contributed by atoms with Gasteiger partial charge in [-0.05, 0) is 44.0 Å². The van der Waals surface area contributed by atoms with E-state index < -0.39 is 12.0 Å². The van der Waals surface area contributed by atoms with Gasteiger partial charge in [0.05, 0.1) is 19.4 Å². The number of alkyl halides is 2. The minimum Gasteiger partial charge on any atom is -0.493 e. The lowest BCUT2D eigenvalue weighted by Gasteiger charge is -2.25. The molecule has 3 N–H and O–H groups in total. The summed E-state index contributed by atoms with van der Waals surface area (Å²) in [6, 6.07) is 9.38. The molecule has 1 aliphatic rings. The highest BCUT2D eigenvalue weighted by atomic mass is 19.3. The number of aliphatic imine (C=N–C) groups is 3. The molecule has 174 valence electrons. The van der Waals surface area contributed by atoms with Crippen molar-refractivity contribution >= 4 is 41.6 Å². The number of nitrogens with zero attached hydrogens (tertiary/aromatic N) is 3. The minimum absolute atomic E-state index is 0.0808. The average Bonchev–Trinajstić information content (AvgIpc) is 2.79. The highest BCUT2D eigenvalue weighted by molar-refractivity contribution is 6.08. The molecule has 2 aromatic rings. The van der Waals surface area contributed by atoms with E-state index >= 15 is 0 Å². The Morgan fingerprint density at radius 3 is 2.52 bits per heavy atom. The van der Waals surface area contributed by atoms with Gasteiger partial charge in [-0.1, -0.05) is 0 Å². The summed E-state index contributed by atoms with van der Waals surface area (Å²) < 4.78 is 42.0. The van der Waals surface area contributed by atoms with E-state index in [1.165, 1.54) is 25.2 Å². The first-order chi connectivity index (χ1) is 15.8. The molecule has 0 aromatic heterocycles. The number of guanidine groups is 2. The summed E-state index contributed by atoms with van der Waals surface area (Å²) in [6.45, 7) is 5.82. The van der Waals surface area contributed by atoms with Gasteiger partial charge in [-0.25, -0.2) is 4.99 Å². The zero-order valence-corrected chi connectivity index (χ0v) is 18.1. The molecule has 0 bridgehead atoms.